The Morgan fingerprint density at radius 2 is 2.07 bits per heavy atom. The van der Waals surface area contributed by atoms with Gasteiger partial charge >= 0.3 is 5.97 Å². The molecule has 0 aliphatic carbocycles. The molecular weight excluding hydrogens is 214 g/mol. The minimum absolute atomic E-state index is 0.154. The highest BCUT2D eigenvalue weighted by Gasteiger charge is 2.02. The minimum atomic E-state index is -0.427. The molecule has 0 aromatic heterocycles. The van der Waals surface area contributed by atoms with Crippen LogP contribution >= 0.6 is 12.2 Å². The second-order valence-corrected chi connectivity index (χ2v) is 3.09. The first-order valence-corrected chi connectivity index (χ1v) is 4.83. The second kappa shape index (κ2) is 7.99. The third-order valence-electron chi connectivity index (χ3n) is 1.29. The topological polar surface area (TPSA) is 47.6 Å². The quantitative estimate of drug-likeness (QED) is 0.244. The molecule has 0 atom stereocenters. The Morgan fingerprint density at radius 1 is 1.47 bits per heavy atom. The van der Waals surface area contributed by atoms with Gasteiger partial charge in [-0.15, -0.1) is 6.58 Å². The summed E-state index contributed by atoms with van der Waals surface area (Å²) in [5.41, 5.74) is 0.363. The van der Waals surface area contributed by atoms with Crippen LogP contribution in [0.25, 0.3) is 0 Å². The summed E-state index contributed by atoms with van der Waals surface area (Å²) in [5, 5.41) is 3.04. The standard InChI is InChI=1S/C10H15NO3S/c1-4-5-11-10(15)14-7-6-13-9(12)8(2)3/h4H,1-2,5-7H2,3H3,(H,11,15). The van der Waals surface area contributed by atoms with Gasteiger partial charge < -0.3 is 14.8 Å². The predicted octanol–water partition coefficient (Wildman–Crippen LogP) is 1.18. The van der Waals surface area contributed by atoms with Crippen molar-refractivity contribution in [2.24, 2.45) is 0 Å². The lowest BCUT2D eigenvalue weighted by atomic mass is 10.4. The largest absolute Gasteiger partial charge is 0.467 e. The number of carbonyl (C=O) groups excluding carboxylic acids is 1. The van der Waals surface area contributed by atoms with E-state index >= 15 is 0 Å². The first-order chi connectivity index (χ1) is 7.07. The van der Waals surface area contributed by atoms with Crippen molar-refractivity contribution in [1.29, 1.82) is 0 Å². The molecular formula is C10H15NO3S. The number of hydrogen-bond acceptors (Lipinski definition) is 4. The lowest BCUT2D eigenvalue weighted by molar-refractivity contribution is -0.139. The van der Waals surface area contributed by atoms with Gasteiger partial charge in [0.05, 0.1) is 0 Å². The average Bonchev–Trinajstić information content (AvgIpc) is 2.20. The van der Waals surface area contributed by atoms with Crippen molar-refractivity contribution in [3.63, 3.8) is 0 Å². The summed E-state index contributed by atoms with van der Waals surface area (Å²) in [7, 11) is 0. The van der Waals surface area contributed by atoms with Crippen molar-refractivity contribution >= 4 is 23.4 Å². The summed E-state index contributed by atoms with van der Waals surface area (Å²) in [6, 6.07) is 0. The van der Waals surface area contributed by atoms with Gasteiger partial charge in [-0.3, -0.25) is 0 Å². The van der Waals surface area contributed by atoms with Gasteiger partial charge in [-0.25, -0.2) is 4.79 Å². The van der Waals surface area contributed by atoms with Crippen LogP contribution in [0.4, 0.5) is 0 Å². The first kappa shape index (κ1) is 13.6. The maximum absolute atomic E-state index is 10.9. The normalized spacial score (nSPS) is 8.87. The van der Waals surface area contributed by atoms with Gasteiger partial charge in [-0.2, -0.15) is 0 Å². The smallest absolute Gasteiger partial charge is 0.333 e. The summed E-state index contributed by atoms with van der Waals surface area (Å²) < 4.78 is 9.83. The third-order valence-corrected chi connectivity index (χ3v) is 1.55. The van der Waals surface area contributed by atoms with Crippen molar-refractivity contribution < 1.29 is 14.3 Å². The number of hydrogen-bond donors (Lipinski definition) is 1. The molecule has 0 unspecified atom stereocenters. The Kier molecular flexibility index (Phi) is 7.27. The van der Waals surface area contributed by atoms with E-state index in [1.54, 1.807) is 13.0 Å². The van der Waals surface area contributed by atoms with E-state index in [2.05, 4.69) is 18.5 Å². The number of thiocarbonyl (C=S) groups is 1. The van der Waals surface area contributed by atoms with Crippen molar-refractivity contribution in [2.75, 3.05) is 19.8 Å². The fourth-order valence-corrected chi connectivity index (χ4v) is 0.765. The van der Waals surface area contributed by atoms with Gasteiger partial charge in [-0.05, 0) is 19.1 Å². The van der Waals surface area contributed by atoms with Crippen molar-refractivity contribution in [3.05, 3.63) is 24.8 Å². The number of nitrogens with one attached hydrogen (secondary N) is 1. The Hall–Kier alpha value is -1.36. The van der Waals surface area contributed by atoms with Crippen LogP contribution in [0.1, 0.15) is 6.92 Å². The molecule has 0 amide bonds. The Labute approximate surface area is 94.9 Å². The van der Waals surface area contributed by atoms with Crippen LogP contribution in [0, 0.1) is 0 Å². The fourth-order valence-electron chi connectivity index (χ4n) is 0.598. The third kappa shape index (κ3) is 7.69. The van der Waals surface area contributed by atoms with Crippen LogP contribution in [0.15, 0.2) is 24.8 Å². The highest BCUT2D eigenvalue weighted by atomic mass is 32.1. The van der Waals surface area contributed by atoms with Gasteiger partial charge in [0.15, 0.2) is 0 Å². The molecule has 0 aromatic rings. The van der Waals surface area contributed by atoms with E-state index in [4.69, 9.17) is 21.7 Å². The fraction of sp³-hybridized carbons (Fsp3) is 0.400. The molecule has 0 saturated heterocycles. The predicted molar refractivity (Wildman–Crippen MR) is 62.5 cm³/mol. The lowest BCUT2D eigenvalue weighted by Gasteiger charge is -2.08. The molecule has 0 aliphatic rings. The molecule has 4 nitrogen and oxygen atoms in total. The van der Waals surface area contributed by atoms with Gasteiger partial charge in [0.2, 0.25) is 0 Å². The van der Waals surface area contributed by atoms with Gasteiger partial charge in [0.25, 0.3) is 5.17 Å². The summed E-state index contributed by atoms with van der Waals surface area (Å²) in [6.45, 7) is 9.47. The molecule has 15 heavy (non-hydrogen) atoms. The van der Waals surface area contributed by atoms with Crippen LogP contribution in [-0.4, -0.2) is 30.9 Å². The number of ether oxygens (including phenoxy) is 2. The van der Waals surface area contributed by atoms with E-state index < -0.39 is 5.97 Å². The Morgan fingerprint density at radius 3 is 2.60 bits per heavy atom. The van der Waals surface area contributed by atoms with Gasteiger partial charge in [-0.1, -0.05) is 12.7 Å². The van der Waals surface area contributed by atoms with Crippen LogP contribution in [-0.2, 0) is 14.3 Å². The highest BCUT2D eigenvalue weighted by molar-refractivity contribution is 7.80. The molecule has 0 bridgehead atoms. The van der Waals surface area contributed by atoms with E-state index in [0.717, 1.165) is 0 Å². The highest BCUT2D eigenvalue weighted by Crippen LogP contribution is 1.91. The zero-order valence-electron chi connectivity index (χ0n) is 8.75. The Bertz CT molecular complexity index is 263. The zero-order chi connectivity index (χ0) is 11.7. The van der Waals surface area contributed by atoms with Crippen molar-refractivity contribution in [1.82, 2.24) is 5.32 Å². The molecule has 0 rings (SSSR count). The molecule has 0 radical (unpaired) electrons. The summed E-state index contributed by atoms with van der Waals surface area (Å²) >= 11 is 4.81. The molecule has 0 heterocycles. The van der Waals surface area contributed by atoms with Crippen LogP contribution < -0.4 is 5.32 Å². The SMILES string of the molecule is C=CCNC(=S)OCCOC(=O)C(=C)C. The Balaban J connectivity index is 3.46. The van der Waals surface area contributed by atoms with Crippen LogP contribution in [0.3, 0.4) is 0 Å². The molecule has 0 aliphatic heterocycles. The van der Waals surface area contributed by atoms with E-state index in [-0.39, 0.29) is 18.4 Å². The van der Waals surface area contributed by atoms with E-state index in [9.17, 15) is 4.79 Å². The number of rotatable bonds is 6. The first-order valence-electron chi connectivity index (χ1n) is 4.42. The summed E-state index contributed by atoms with van der Waals surface area (Å²) in [4.78, 5) is 10.9. The molecule has 5 heteroatoms. The molecule has 84 valence electrons. The van der Waals surface area contributed by atoms with Gasteiger partial charge in [0.1, 0.15) is 13.2 Å². The summed E-state index contributed by atoms with van der Waals surface area (Å²) in [5.74, 6) is -0.427. The second-order valence-electron chi connectivity index (χ2n) is 2.72. The molecule has 0 saturated carbocycles. The lowest BCUT2D eigenvalue weighted by Crippen LogP contribution is -2.25. The molecule has 1 N–H and O–H groups in total. The molecule has 0 aromatic carbocycles. The number of esters is 1. The van der Waals surface area contributed by atoms with E-state index in [1.807, 2.05) is 0 Å². The maximum Gasteiger partial charge on any atom is 0.333 e. The van der Waals surface area contributed by atoms with Crippen molar-refractivity contribution in [2.45, 2.75) is 6.92 Å². The molecule has 0 spiro atoms. The van der Waals surface area contributed by atoms with E-state index in [1.165, 1.54) is 0 Å². The average molecular weight is 229 g/mol. The monoisotopic (exact) mass is 229 g/mol. The van der Waals surface area contributed by atoms with Crippen molar-refractivity contribution in [3.8, 4) is 0 Å². The summed E-state index contributed by atoms with van der Waals surface area (Å²) in [6.07, 6.45) is 1.66. The van der Waals surface area contributed by atoms with E-state index in [0.29, 0.717) is 12.1 Å². The van der Waals surface area contributed by atoms with Gasteiger partial charge in [0, 0.05) is 12.1 Å². The number of carbonyl (C=O) groups is 1. The minimum Gasteiger partial charge on any atom is -0.467 e. The zero-order valence-corrected chi connectivity index (χ0v) is 9.56. The maximum atomic E-state index is 10.9. The van der Waals surface area contributed by atoms with Crippen LogP contribution in [0.2, 0.25) is 0 Å². The molecule has 0 fully saturated rings. The van der Waals surface area contributed by atoms with Crippen LogP contribution in [0.5, 0.6) is 0 Å².